The average Bonchev–Trinajstić information content (AvgIpc) is 2.49. The van der Waals surface area contributed by atoms with Crippen LogP contribution in [-0.4, -0.2) is 17.4 Å². The Bertz CT molecular complexity index is 736. The number of thioether (sulfide) groups is 1. The van der Waals surface area contributed by atoms with E-state index < -0.39 is 0 Å². The highest BCUT2D eigenvalue weighted by Crippen LogP contribution is 2.22. The van der Waals surface area contributed by atoms with Crippen molar-refractivity contribution in [3.8, 4) is 0 Å². The minimum absolute atomic E-state index is 0.0542. The quantitative estimate of drug-likeness (QED) is 0.776. The Morgan fingerprint density at radius 2 is 2.00 bits per heavy atom. The zero-order valence-electron chi connectivity index (χ0n) is 12.4. The van der Waals surface area contributed by atoms with Gasteiger partial charge in [-0.25, -0.2) is 4.39 Å². The molecule has 0 saturated carbocycles. The number of Topliss-reactive ketones (excluding diaryl/α,β-unsaturated/α-hetero) is 1. The fraction of sp³-hybridized carbons (Fsp3) is 0.176. The Balaban J connectivity index is 1.85. The molecular weight excluding hydrogens is 337 g/mol. The number of benzene rings is 2. The van der Waals surface area contributed by atoms with Crippen LogP contribution < -0.4 is 5.32 Å². The van der Waals surface area contributed by atoms with Gasteiger partial charge in [0.2, 0.25) is 5.91 Å². The molecule has 3 nitrogen and oxygen atoms in total. The predicted molar refractivity (Wildman–Crippen MR) is 92.6 cm³/mol. The highest BCUT2D eigenvalue weighted by Gasteiger charge is 2.07. The van der Waals surface area contributed by atoms with E-state index in [1.54, 1.807) is 30.3 Å². The molecule has 0 fully saturated rings. The molecular formula is C17H15ClFNO2S. The van der Waals surface area contributed by atoms with Gasteiger partial charge in [0, 0.05) is 22.0 Å². The summed E-state index contributed by atoms with van der Waals surface area (Å²) in [5, 5.41) is 3.10. The number of carbonyl (C=O) groups is 2. The fourth-order valence-corrected chi connectivity index (χ4v) is 3.05. The summed E-state index contributed by atoms with van der Waals surface area (Å²) in [6.45, 7) is 1.48. The van der Waals surface area contributed by atoms with E-state index >= 15 is 0 Å². The first-order valence-corrected chi connectivity index (χ1v) is 8.41. The number of rotatable bonds is 6. The lowest BCUT2D eigenvalue weighted by molar-refractivity contribution is -0.113. The summed E-state index contributed by atoms with van der Waals surface area (Å²) in [5.41, 5.74) is 1.92. The van der Waals surface area contributed by atoms with Crippen LogP contribution in [0, 0.1) is 5.82 Å². The van der Waals surface area contributed by atoms with E-state index in [0.717, 1.165) is 5.56 Å². The molecule has 6 heteroatoms. The second-order valence-corrected chi connectivity index (χ2v) is 6.31. The van der Waals surface area contributed by atoms with E-state index in [9.17, 15) is 14.0 Å². The highest BCUT2D eigenvalue weighted by atomic mass is 35.5. The molecule has 0 atom stereocenters. The lowest BCUT2D eigenvalue weighted by Gasteiger charge is -2.07. The Labute approximate surface area is 143 Å². The van der Waals surface area contributed by atoms with Gasteiger partial charge in [0.05, 0.1) is 5.75 Å². The fourth-order valence-electron chi connectivity index (χ4n) is 1.91. The number of amides is 1. The summed E-state index contributed by atoms with van der Waals surface area (Å²) in [6, 6.07) is 11.0. The van der Waals surface area contributed by atoms with E-state index in [2.05, 4.69) is 5.32 Å². The Morgan fingerprint density at radius 3 is 2.70 bits per heavy atom. The molecule has 2 rings (SSSR count). The van der Waals surface area contributed by atoms with Gasteiger partial charge >= 0.3 is 0 Å². The first-order chi connectivity index (χ1) is 11.0. The van der Waals surface area contributed by atoms with Crippen molar-refractivity contribution >= 4 is 40.7 Å². The van der Waals surface area contributed by atoms with Crippen molar-refractivity contribution in [1.29, 1.82) is 0 Å². The van der Waals surface area contributed by atoms with Crippen molar-refractivity contribution in [2.45, 2.75) is 12.7 Å². The van der Waals surface area contributed by atoms with Crippen molar-refractivity contribution in [2.24, 2.45) is 0 Å². The number of hydrogen-bond acceptors (Lipinski definition) is 3. The Hall–Kier alpha value is -1.85. The van der Waals surface area contributed by atoms with Gasteiger partial charge < -0.3 is 5.32 Å². The van der Waals surface area contributed by atoms with Gasteiger partial charge in [0.1, 0.15) is 5.82 Å². The first-order valence-electron chi connectivity index (χ1n) is 6.88. The molecule has 0 aliphatic heterocycles. The predicted octanol–water partition coefficient (Wildman–Crippen LogP) is 4.55. The highest BCUT2D eigenvalue weighted by molar-refractivity contribution is 7.99. The van der Waals surface area contributed by atoms with Gasteiger partial charge in [-0.2, -0.15) is 0 Å². The monoisotopic (exact) mass is 351 g/mol. The maximum absolute atomic E-state index is 13.0. The van der Waals surface area contributed by atoms with Crippen LogP contribution in [0.1, 0.15) is 22.8 Å². The standard InChI is InChI=1S/C17H15ClFNO2S/c1-11(21)12-3-2-4-15(7-12)20-17(22)10-23-9-13-5-6-14(19)8-16(13)18/h2-8H,9-10H2,1H3,(H,20,22). The smallest absolute Gasteiger partial charge is 0.234 e. The van der Waals surface area contributed by atoms with Gasteiger partial charge in [0.15, 0.2) is 5.78 Å². The third-order valence-electron chi connectivity index (χ3n) is 3.06. The van der Waals surface area contributed by atoms with E-state index in [1.165, 1.54) is 30.8 Å². The molecule has 0 saturated heterocycles. The molecule has 120 valence electrons. The zero-order chi connectivity index (χ0) is 16.8. The van der Waals surface area contributed by atoms with Crippen LogP contribution in [-0.2, 0) is 10.5 Å². The maximum Gasteiger partial charge on any atom is 0.234 e. The molecule has 1 amide bonds. The maximum atomic E-state index is 13.0. The number of anilines is 1. The average molecular weight is 352 g/mol. The molecule has 0 unspecified atom stereocenters. The minimum atomic E-state index is -0.383. The van der Waals surface area contributed by atoms with E-state index in [1.807, 2.05) is 0 Å². The number of halogens is 2. The summed E-state index contributed by atoms with van der Waals surface area (Å²) in [7, 11) is 0. The van der Waals surface area contributed by atoms with Crippen LogP contribution >= 0.6 is 23.4 Å². The molecule has 0 heterocycles. The van der Waals surface area contributed by atoms with Gasteiger partial charge in [0.25, 0.3) is 0 Å². The normalized spacial score (nSPS) is 10.4. The SMILES string of the molecule is CC(=O)c1cccc(NC(=O)CSCc2ccc(F)cc2Cl)c1. The Morgan fingerprint density at radius 1 is 1.22 bits per heavy atom. The summed E-state index contributed by atoms with van der Waals surface area (Å²) >= 11 is 7.31. The van der Waals surface area contributed by atoms with Gasteiger partial charge in [-0.05, 0) is 36.8 Å². The van der Waals surface area contributed by atoms with E-state index in [4.69, 9.17) is 11.6 Å². The van der Waals surface area contributed by atoms with E-state index in [-0.39, 0.29) is 23.3 Å². The van der Waals surface area contributed by atoms with Crippen molar-refractivity contribution < 1.29 is 14.0 Å². The lowest BCUT2D eigenvalue weighted by Crippen LogP contribution is -2.14. The zero-order valence-corrected chi connectivity index (χ0v) is 14.0. The van der Waals surface area contributed by atoms with Crippen molar-refractivity contribution in [2.75, 3.05) is 11.1 Å². The molecule has 0 spiro atoms. The largest absolute Gasteiger partial charge is 0.325 e. The van der Waals surface area contributed by atoms with Crippen LogP contribution in [0.25, 0.3) is 0 Å². The minimum Gasteiger partial charge on any atom is -0.325 e. The van der Waals surface area contributed by atoms with Crippen LogP contribution in [0.4, 0.5) is 10.1 Å². The number of carbonyl (C=O) groups excluding carboxylic acids is 2. The topological polar surface area (TPSA) is 46.2 Å². The molecule has 0 aliphatic rings. The van der Waals surface area contributed by atoms with Gasteiger partial charge in [-0.3, -0.25) is 9.59 Å². The molecule has 0 aromatic heterocycles. The summed E-state index contributed by atoms with van der Waals surface area (Å²) in [4.78, 5) is 23.2. The van der Waals surface area contributed by atoms with Crippen molar-refractivity contribution in [3.05, 3.63) is 64.4 Å². The van der Waals surface area contributed by atoms with Crippen LogP contribution in [0.2, 0.25) is 5.02 Å². The molecule has 23 heavy (non-hydrogen) atoms. The first kappa shape index (κ1) is 17.5. The summed E-state index contributed by atoms with van der Waals surface area (Å²) in [6.07, 6.45) is 0. The van der Waals surface area contributed by atoms with Crippen molar-refractivity contribution in [3.63, 3.8) is 0 Å². The Kier molecular flexibility index (Phi) is 6.19. The molecule has 2 aromatic carbocycles. The molecule has 0 radical (unpaired) electrons. The molecule has 0 bridgehead atoms. The third kappa shape index (κ3) is 5.37. The lowest BCUT2D eigenvalue weighted by atomic mass is 10.1. The number of nitrogens with one attached hydrogen (secondary N) is 1. The second kappa shape index (κ2) is 8.13. The third-order valence-corrected chi connectivity index (χ3v) is 4.39. The molecule has 2 aromatic rings. The number of ketones is 1. The van der Waals surface area contributed by atoms with Crippen molar-refractivity contribution in [1.82, 2.24) is 0 Å². The summed E-state index contributed by atoms with van der Waals surface area (Å²) in [5.74, 6) is 0.139. The second-order valence-electron chi connectivity index (χ2n) is 4.91. The molecule has 0 aliphatic carbocycles. The van der Waals surface area contributed by atoms with Crippen LogP contribution in [0.3, 0.4) is 0 Å². The van der Waals surface area contributed by atoms with Crippen LogP contribution in [0.15, 0.2) is 42.5 Å². The van der Waals surface area contributed by atoms with Gasteiger partial charge in [-0.15, -0.1) is 11.8 Å². The summed E-state index contributed by atoms with van der Waals surface area (Å²) < 4.78 is 13.0. The van der Waals surface area contributed by atoms with E-state index in [0.29, 0.717) is 22.0 Å². The number of hydrogen-bond donors (Lipinski definition) is 1. The van der Waals surface area contributed by atoms with Gasteiger partial charge in [-0.1, -0.05) is 29.8 Å². The molecule has 1 N–H and O–H groups in total. The van der Waals surface area contributed by atoms with Crippen LogP contribution in [0.5, 0.6) is 0 Å².